The van der Waals surface area contributed by atoms with E-state index >= 15 is 0 Å². The van der Waals surface area contributed by atoms with Gasteiger partial charge in [0.25, 0.3) is 0 Å². The maximum Gasteiger partial charge on any atom is 0.313 e. The van der Waals surface area contributed by atoms with Gasteiger partial charge in [0, 0.05) is 17.1 Å². The van der Waals surface area contributed by atoms with E-state index in [4.69, 9.17) is 9.47 Å². The molecule has 1 aromatic carbocycles. The summed E-state index contributed by atoms with van der Waals surface area (Å²) in [6.07, 6.45) is 1.64. The monoisotopic (exact) mass is 275 g/mol. The van der Waals surface area contributed by atoms with Gasteiger partial charge in [0.05, 0.1) is 20.3 Å². The Balaban J connectivity index is 2.10. The van der Waals surface area contributed by atoms with E-state index in [0.29, 0.717) is 6.61 Å². The van der Waals surface area contributed by atoms with Crippen LogP contribution in [-0.2, 0) is 20.9 Å². The fourth-order valence-electron chi connectivity index (χ4n) is 2.06. The van der Waals surface area contributed by atoms with E-state index in [1.54, 1.807) is 14.0 Å². The normalized spacial score (nSPS) is 10.5. The average molecular weight is 275 g/mol. The highest BCUT2D eigenvalue weighted by Crippen LogP contribution is 2.21. The van der Waals surface area contributed by atoms with Crippen LogP contribution < -0.4 is 4.74 Å². The Morgan fingerprint density at radius 3 is 2.75 bits per heavy atom. The molecule has 0 bridgehead atoms. The first-order valence-electron chi connectivity index (χ1n) is 6.44. The summed E-state index contributed by atoms with van der Waals surface area (Å²) >= 11 is 0. The van der Waals surface area contributed by atoms with Crippen molar-refractivity contribution in [1.29, 1.82) is 0 Å². The van der Waals surface area contributed by atoms with E-state index in [1.807, 2.05) is 35.0 Å². The van der Waals surface area contributed by atoms with Crippen LogP contribution in [0.2, 0.25) is 0 Å². The molecule has 0 saturated carbocycles. The summed E-state index contributed by atoms with van der Waals surface area (Å²) in [4.78, 5) is 23.1. The van der Waals surface area contributed by atoms with Crippen LogP contribution in [0, 0.1) is 0 Å². The van der Waals surface area contributed by atoms with Gasteiger partial charge >= 0.3 is 5.97 Å². The maximum atomic E-state index is 11.8. The van der Waals surface area contributed by atoms with Crippen LogP contribution in [0.15, 0.2) is 30.5 Å². The number of hydrogen-bond donors (Lipinski definition) is 0. The Hall–Kier alpha value is -2.30. The van der Waals surface area contributed by atoms with Crippen LogP contribution >= 0.6 is 0 Å². The van der Waals surface area contributed by atoms with E-state index in [9.17, 15) is 9.59 Å². The van der Waals surface area contributed by atoms with Gasteiger partial charge in [-0.3, -0.25) is 9.59 Å². The number of ketones is 1. The molecule has 0 saturated heterocycles. The van der Waals surface area contributed by atoms with Crippen LogP contribution in [-0.4, -0.2) is 30.0 Å². The summed E-state index contributed by atoms with van der Waals surface area (Å²) in [7, 11) is 1.61. The van der Waals surface area contributed by atoms with Gasteiger partial charge in [0.1, 0.15) is 12.2 Å². The molecule has 0 N–H and O–H groups in total. The number of ether oxygens (including phenoxy) is 2. The zero-order valence-electron chi connectivity index (χ0n) is 11.6. The molecule has 106 valence electrons. The third-order valence-corrected chi connectivity index (χ3v) is 2.97. The predicted molar refractivity (Wildman–Crippen MR) is 74.7 cm³/mol. The molecule has 1 heterocycles. The number of Topliss-reactive ketones (excluding diaryl/α,β-unsaturated/α-hetero) is 1. The minimum absolute atomic E-state index is 0.161. The van der Waals surface area contributed by atoms with Gasteiger partial charge in [-0.25, -0.2) is 0 Å². The van der Waals surface area contributed by atoms with Crippen LogP contribution in [0.5, 0.6) is 5.75 Å². The molecular weight excluding hydrogens is 258 g/mol. The lowest BCUT2D eigenvalue weighted by molar-refractivity contribution is -0.145. The molecule has 1 aromatic heterocycles. The number of esters is 1. The van der Waals surface area contributed by atoms with E-state index < -0.39 is 5.97 Å². The average Bonchev–Trinajstić information content (AvgIpc) is 2.81. The van der Waals surface area contributed by atoms with Crippen molar-refractivity contribution >= 4 is 22.7 Å². The van der Waals surface area contributed by atoms with E-state index in [2.05, 4.69) is 0 Å². The summed E-state index contributed by atoms with van der Waals surface area (Å²) in [5.41, 5.74) is 0.933. The van der Waals surface area contributed by atoms with Crippen LogP contribution in [0.4, 0.5) is 0 Å². The molecule has 0 fully saturated rings. The van der Waals surface area contributed by atoms with E-state index in [1.165, 1.54) is 0 Å². The Morgan fingerprint density at radius 1 is 1.25 bits per heavy atom. The zero-order valence-corrected chi connectivity index (χ0v) is 11.6. The van der Waals surface area contributed by atoms with Crippen molar-refractivity contribution in [2.75, 3.05) is 13.7 Å². The summed E-state index contributed by atoms with van der Waals surface area (Å²) in [6.45, 7) is 2.17. The molecule has 5 nitrogen and oxygen atoms in total. The standard InChI is InChI=1S/C15H17NO4/c1-3-20-15(18)9-12(17)10-16-7-6-11-8-13(19-2)4-5-14(11)16/h4-8H,3,9-10H2,1-2H3. The number of fused-ring (bicyclic) bond motifs is 1. The highest BCUT2D eigenvalue weighted by Gasteiger charge is 2.12. The van der Waals surface area contributed by atoms with Crippen molar-refractivity contribution < 1.29 is 19.1 Å². The Labute approximate surface area is 117 Å². The van der Waals surface area contributed by atoms with Crippen molar-refractivity contribution in [2.24, 2.45) is 0 Å². The van der Waals surface area contributed by atoms with Crippen molar-refractivity contribution in [3.05, 3.63) is 30.5 Å². The predicted octanol–water partition coefficient (Wildman–Crippen LogP) is 2.17. The van der Waals surface area contributed by atoms with Crippen molar-refractivity contribution in [3.63, 3.8) is 0 Å². The molecule has 2 aromatic rings. The van der Waals surface area contributed by atoms with E-state index in [0.717, 1.165) is 16.7 Å². The molecule has 0 unspecified atom stereocenters. The topological polar surface area (TPSA) is 57.5 Å². The minimum Gasteiger partial charge on any atom is -0.497 e. The maximum absolute atomic E-state index is 11.8. The number of carbonyl (C=O) groups is 2. The Bertz CT molecular complexity index is 630. The number of aromatic nitrogens is 1. The number of methoxy groups -OCH3 is 1. The highest BCUT2D eigenvalue weighted by atomic mass is 16.5. The number of carbonyl (C=O) groups excluding carboxylic acids is 2. The second-order valence-corrected chi connectivity index (χ2v) is 4.39. The number of rotatable bonds is 6. The molecule has 2 rings (SSSR count). The molecule has 5 heteroatoms. The molecule has 0 amide bonds. The smallest absolute Gasteiger partial charge is 0.313 e. The fraction of sp³-hybridized carbons (Fsp3) is 0.333. The van der Waals surface area contributed by atoms with Gasteiger partial charge in [-0.1, -0.05) is 0 Å². The van der Waals surface area contributed by atoms with Gasteiger partial charge in [0.2, 0.25) is 0 Å². The molecule has 0 aliphatic carbocycles. The van der Waals surface area contributed by atoms with Gasteiger partial charge < -0.3 is 14.0 Å². The quantitative estimate of drug-likeness (QED) is 0.599. The minimum atomic E-state index is -0.476. The lowest BCUT2D eigenvalue weighted by Gasteiger charge is -2.06. The van der Waals surface area contributed by atoms with Crippen molar-refractivity contribution in [2.45, 2.75) is 19.9 Å². The summed E-state index contributed by atoms with van der Waals surface area (Å²) in [5, 5.41) is 0.994. The van der Waals surface area contributed by atoms with Gasteiger partial charge in [-0.2, -0.15) is 0 Å². The zero-order chi connectivity index (χ0) is 14.5. The molecule has 0 spiro atoms. The highest BCUT2D eigenvalue weighted by molar-refractivity contribution is 5.96. The van der Waals surface area contributed by atoms with Gasteiger partial charge in [-0.05, 0) is 31.2 Å². The second kappa shape index (κ2) is 6.23. The SMILES string of the molecule is CCOC(=O)CC(=O)Cn1ccc2cc(OC)ccc21. The molecule has 0 radical (unpaired) electrons. The second-order valence-electron chi connectivity index (χ2n) is 4.39. The molecule has 0 atom stereocenters. The number of benzene rings is 1. The number of hydrogen-bond acceptors (Lipinski definition) is 4. The lowest BCUT2D eigenvalue weighted by Crippen LogP contribution is -2.15. The van der Waals surface area contributed by atoms with Crippen molar-refractivity contribution in [1.82, 2.24) is 4.57 Å². The van der Waals surface area contributed by atoms with Crippen LogP contribution in [0.25, 0.3) is 10.9 Å². The first kappa shape index (κ1) is 14.1. The Morgan fingerprint density at radius 2 is 2.05 bits per heavy atom. The largest absolute Gasteiger partial charge is 0.497 e. The summed E-state index contributed by atoms with van der Waals surface area (Å²) in [6, 6.07) is 7.55. The molecular formula is C15H17NO4. The summed E-state index contributed by atoms with van der Waals surface area (Å²) < 4.78 is 11.7. The number of nitrogens with zero attached hydrogens (tertiary/aromatic N) is 1. The Kier molecular flexibility index (Phi) is 4.40. The third kappa shape index (κ3) is 3.17. The summed E-state index contributed by atoms with van der Waals surface area (Å²) in [5.74, 6) is 0.125. The van der Waals surface area contributed by atoms with Crippen molar-refractivity contribution in [3.8, 4) is 5.75 Å². The first-order valence-corrected chi connectivity index (χ1v) is 6.44. The van der Waals surface area contributed by atoms with Crippen LogP contribution in [0.1, 0.15) is 13.3 Å². The van der Waals surface area contributed by atoms with Crippen LogP contribution in [0.3, 0.4) is 0 Å². The lowest BCUT2D eigenvalue weighted by atomic mass is 10.2. The van der Waals surface area contributed by atoms with Gasteiger partial charge in [-0.15, -0.1) is 0 Å². The third-order valence-electron chi connectivity index (χ3n) is 2.97. The molecule has 0 aliphatic heterocycles. The van der Waals surface area contributed by atoms with Gasteiger partial charge in [0.15, 0.2) is 5.78 Å². The molecule has 0 aliphatic rings. The van der Waals surface area contributed by atoms with E-state index in [-0.39, 0.29) is 18.7 Å². The fourth-order valence-corrected chi connectivity index (χ4v) is 2.06. The molecule has 20 heavy (non-hydrogen) atoms. The first-order chi connectivity index (χ1) is 9.63.